The number of aryl methyl sites for hydroxylation is 1. The van der Waals surface area contributed by atoms with Crippen LogP contribution in [-0.2, 0) is 13.1 Å². The van der Waals surface area contributed by atoms with Gasteiger partial charge >= 0.3 is 6.03 Å². The van der Waals surface area contributed by atoms with Crippen molar-refractivity contribution in [3.05, 3.63) is 77.1 Å². The van der Waals surface area contributed by atoms with Gasteiger partial charge in [0.15, 0.2) is 0 Å². The molecule has 5 nitrogen and oxygen atoms in total. The van der Waals surface area contributed by atoms with Crippen molar-refractivity contribution in [2.45, 2.75) is 31.8 Å². The molecule has 0 spiro atoms. The lowest BCUT2D eigenvalue weighted by Gasteiger charge is -2.09. The number of aromatic nitrogens is 2. The zero-order valence-electron chi connectivity index (χ0n) is 15.8. The maximum absolute atomic E-state index is 12.2. The fourth-order valence-electron chi connectivity index (χ4n) is 2.92. The van der Waals surface area contributed by atoms with Crippen LogP contribution in [0.25, 0.3) is 0 Å². The second-order valence-electron chi connectivity index (χ2n) is 6.33. The molecule has 0 fully saturated rings. The number of carbonyl (C=O) groups is 1. The number of hydrogen-bond donors (Lipinski definition) is 2. The van der Waals surface area contributed by atoms with E-state index in [2.05, 4.69) is 27.9 Å². The maximum Gasteiger partial charge on any atom is 0.319 e. The van der Waals surface area contributed by atoms with Gasteiger partial charge in [-0.3, -0.25) is 4.68 Å². The molecule has 3 rings (SSSR count). The summed E-state index contributed by atoms with van der Waals surface area (Å²) in [6, 6.07) is 17.8. The van der Waals surface area contributed by atoms with Crippen LogP contribution in [0.4, 0.5) is 10.5 Å². The Morgan fingerprint density at radius 1 is 1.07 bits per heavy atom. The van der Waals surface area contributed by atoms with E-state index in [0.29, 0.717) is 6.54 Å². The molecule has 27 heavy (non-hydrogen) atoms. The van der Waals surface area contributed by atoms with Crippen molar-refractivity contribution in [1.29, 1.82) is 0 Å². The van der Waals surface area contributed by atoms with Gasteiger partial charge in [-0.1, -0.05) is 30.3 Å². The van der Waals surface area contributed by atoms with Gasteiger partial charge in [-0.05, 0) is 49.9 Å². The molecule has 0 radical (unpaired) electrons. The lowest BCUT2D eigenvalue weighted by molar-refractivity contribution is 0.251. The van der Waals surface area contributed by atoms with Crippen molar-refractivity contribution in [1.82, 2.24) is 15.1 Å². The van der Waals surface area contributed by atoms with Gasteiger partial charge in [-0.25, -0.2) is 4.79 Å². The van der Waals surface area contributed by atoms with Gasteiger partial charge in [0.2, 0.25) is 0 Å². The molecular weight excluding hydrogens is 356 g/mol. The highest BCUT2D eigenvalue weighted by molar-refractivity contribution is 7.98. The molecule has 0 aliphatic heterocycles. The third-order valence-corrected chi connectivity index (χ3v) is 5.22. The van der Waals surface area contributed by atoms with Gasteiger partial charge in [-0.15, -0.1) is 11.8 Å². The largest absolute Gasteiger partial charge is 0.334 e. The first-order valence-electron chi connectivity index (χ1n) is 8.82. The fourth-order valence-corrected chi connectivity index (χ4v) is 3.33. The van der Waals surface area contributed by atoms with Crippen LogP contribution in [0, 0.1) is 13.8 Å². The van der Waals surface area contributed by atoms with Crippen molar-refractivity contribution >= 4 is 23.5 Å². The van der Waals surface area contributed by atoms with Gasteiger partial charge in [0.1, 0.15) is 0 Å². The molecule has 3 aromatic rings. The number of nitrogens with zero attached hydrogens (tertiary/aromatic N) is 2. The Bertz CT molecular complexity index is 904. The summed E-state index contributed by atoms with van der Waals surface area (Å²) in [4.78, 5) is 13.4. The lowest BCUT2D eigenvalue weighted by atomic mass is 10.2. The average molecular weight is 381 g/mol. The zero-order chi connectivity index (χ0) is 19.2. The summed E-state index contributed by atoms with van der Waals surface area (Å²) >= 11 is 1.67. The van der Waals surface area contributed by atoms with E-state index in [4.69, 9.17) is 0 Å². The molecule has 0 unspecified atom stereocenters. The molecule has 1 aromatic heterocycles. The standard InChI is InChI=1S/C21H24N4OS/c1-15-20(16(2)25(24-15)14-17-7-5-4-6-8-17)13-22-21(26)23-18-9-11-19(27-3)12-10-18/h4-12H,13-14H2,1-3H3,(H2,22,23,26). The highest BCUT2D eigenvalue weighted by atomic mass is 32.2. The Kier molecular flexibility index (Phi) is 6.19. The summed E-state index contributed by atoms with van der Waals surface area (Å²) in [6.07, 6.45) is 2.03. The van der Waals surface area contributed by atoms with E-state index in [1.54, 1.807) is 11.8 Å². The van der Waals surface area contributed by atoms with Crippen LogP contribution in [0.5, 0.6) is 0 Å². The van der Waals surface area contributed by atoms with Crippen molar-refractivity contribution in [3.8, 4) is 0 Å². The monoisotopic (exact) mass is 380 g/mol. The van der Waals surface area contributed by atoms with Crippen molar-refractivity contribution in [2.75, 3.05) is 11.6 Å². The van der Waals surface area contributed by atoms with E-state index in [9.17, 15) is 4.79 Å². The first kappa shape index (κ1) is 19.0. The predicted molar refractivity (Wildman–Crippen MR) is 111 cm³/mol. The molecule has 140 valence electrons. The number of amides is 2. The van der Waals surface area contributed by atoms with Gasteiger partial charge in [0, 0.05) is 28.4 Å². The van der Waals surface area contributed by atoms with Gasteiger partial charge in [0.05, 0.1) is 12.2 Å². The Hall–Kier alpha value is -2.73. The molecule has 2 aromatic carbocycles. The van der Waals surface area contributed by atoms with E-state index in [1.165, 1.54) is 5.56 Å². The van der Waals surface area contributed by atoms with Crippen molar-refractivity contribution in [2.24, 2.45) is 0 Å². The van der Waals surface area contributed by atoms with Crippen LogP contribution in [0.15, 0.2) is 59.5 Å². The molecule has 0 aliphatic rings. The number of rotatable bonds is 6. The third-order valence-electron chi connectivity index (χ3n) is 4.48. The smallest absolute Gasteiger partial charge is 0.319 e. The first-order chi connectivity index (χ1) is 13.1. The first-order valence-corrected chi connectivity index (χ1v) is 10.0. The second kappa shape index (κ2) is 8.77. The van der Waals surface area contributed by atoms with Crippen LogP contribution in [0.3, 0.4) is 0 Å². The molecule has 1 heterocycles. The molecular formula is C21H24N4OS. The number of anilines is 1. The topological polar surface area (TPSA) is 59.0 Å². The summed E-state index contributed by atoms with van der Waals surface area (Å²) in [5, 5.41) is 10.4. The fraction of sp³-hybridized carbons (Fsp3) is 0.238. The van der Waals surface area contributed by atoms with Gasteiger partial charge in [0.25, 0.3) is 0 Å². The highest BCUT2D eigenvalue weighted by Gasteiger charge is 2.13. The minimum absolute atomic E-state index is 0.221. The van der Waals surface area contributed by atoms with Gasteiger partial charge in [-0.2, -0.15) is 5.10 Å². The minimum atomic E-state index is -0.221. The van der Waals surface area contributed by atoms with Crippen LogP contribution in [-0.4, -0.2) is 22.1 Å². The molecule has 0 atom stereocenters. The molecule has 0 saturated heterocycles. The summed E-state index contributed by atoms with van der Waals surface area (Å²) < 4.78 is 1.99. The SMILES string of the molecule is CSc1ccc(NC(=O)NCc2c(C)nn(Cc3ccccc3)c2C)cc1. The average Bonchev–Trinajstić information content (AvgIpc) is 2.94. The lowest BCUT2D eigenvalue weighted by Crippen LogP contribution is -2.28. The van der Waals surface area contributed by atoms with Crippen LogP contribution in [0.2, 0.25) is 0 Å². The number of hydrogen-bond acceptors (Lipinski definition) is 3. The van der Waals surface area contributed by atoms with Gasteiger partial charge < -0.3 is 10.6 Å². The Morgan fingerprint density at radius 3 is 2.44 bits per heavy atom. The van der Waals surface area contributed by atoms with Crippen molar-refractivity contribution < 1.29 is 4.79 Å². The van der Waals surface area contributed by atoms with Crippen LogP contribution in [0.1, 0.15) is 22.5 Å². The minimum Gasteiger partial charge on any atom is -0.334 e. The Morgan fingerprint density at radius 2 is 1.78 bits per heavy atom. The van der Waals surface area contributed by atoms with Crippen molar-refractivity contribution in [3.63, 3.8) is 0 Å². The summed E-state index contributed by atoms with van der Waals surface area (Å²) in [5.41, 5.74) is 5.04. The van der Waals surface area contributed by atoms with E-state index >= 15 is 0 Å². The Labute approximate surface area is 164 Å². The molecule has 2 N–H and O–H groups in total. The molecule has 0 aliphatic carbocycles. The van der Waals surface area contributed by atoms with E-state index in [0.717, 1.165) is 34.1 Å². The summed E-state index contributed by atoms with van der Waals surface area (Å²) in [7, 11) is 0. The molecule has 0 saturated carbocycles. The quantitative estimate of drug-likeness (QED) is 0.615. The number of benzene rings is 2. The molecule has 0 bridgehead atoms. The summed E-state index contributed by atoms with van der Waals surface area (Å²) in [5.74, 6) is 0. The number of urea groups is 1. The number of carbonyl (C=O) groups excluding carboxylic acids is 1. The second-order valence-corrected chi connectivity index (χ2v) is 7.21. The predicted octanol–water partition coefficient (Wildman–Crippen LogP) is 4.59. The van der Waals surface area contributed by atoms with E-state index in [-0.39, 0.29) is 6.03 Å². The Balaban J connectivity index is 1.61. The number of nitrogens with one attached hydrogen (secondary N) is 2. The van der Waals surface area contributed by atoms with E-state index < -0.39 is 0 Å². The normalized spacial score (nSPS) is 10.6. The molecule has 2 amide bonds. The van der Waals surface area contributed by atoms with Crippen LogP contribution < -0.4 is 10.6 Å². The molecule has 6 heteroatoms. The maximum atomic E-state index is 12.2. The number of thioether (sulfide) groups is 1. The van der Waals surface area contributed by atoms with E-state index in [1.807, 2.05) is 67.2 Å². The zero-order valence-corrected chi connectivity index (χ0v) is 16.6. The summed E-state index contributed by atoms with van der Waals surface area (Å²) in [6.45, 7) is 5.19. The third kappa shape index (κ3) is 4.92. The highest BCUT2D eigenvalue weighted by Crippen LogP contribution is 2.18. The van der Waals surface area contributed by atoms with Crippen LogP contribution >= 0.6 is 11.8 Å².